The van der Waals surface area contributed by atoms with E-state index in [1.54, 1.807) is 0 Å². The Bertz CT molecular complexity index is 880. The molecule has 0 aliphatic rings. The van der Waals surface area contributed by atoms with Gasteiger partial charge in [-0.25, -0.2) is 0 Å². The fourth-order valence-electron chi connectivity index (χ4n) is 2.80. The smallest absolute Gasteiger partial charge is 0.238 e. The number of anilines is 1. The Morgan fingerprint density at radius 2 is 1.69 bits per heavy atom. The summed E-state index contributed by atoms with van der Waals surface area (Å²) < 4.78 is 0. The molecular weight excluding hydrogens is 344 g/mol. The minimum Gasteiger partial charge on any atom is -0.324 e. The van der Waals surface area contributed by atoms with Gasteiger partial charge in [0, 0.05) is 22.3 Å². The number of para-hydroxylation sites is 1. The summed E-state index contributed by atoms with van der Waals surface area (Å²) in [6, 6.07) is 25.5. The fourth-order valence-corrected chi connectivity index (χ4v) is 2.99. The summed E-state index contributed by atoms with van der Waals surface area (Å²) in [6.07, 6.45) is 0. The molecule has 0 saturated heterocycles. The second kappa shape index (κ2) is 8.65. The van der Waals surface area contributed by atoms with Crippen molar-refractivity contribution in [3.63, 3.8) is 0 Å². The van der Waals surface area contributed by atoms with E-state index >= 15 is 0 Å². The second-order valence-electron chi connectivity index (χ2n) is 6.12. The molecule has 0 bridgehead atoms. The summed E-state index contributed by atoms with van der Waals surface area (Å²) in [5.41, 5.74) is 3.93. The highest BCUT2D eigenvalue weighted by Crippen LogP contribution is 2.27. The minimum absolute atomic E-state index is 0.0313. The summed E-state index contributed by atoms with van der Waals surface area (Å²) in [6.45, 7) is 2.23. The van der Waals surface area contributed by atoms with Gasteiger partial charge in [-0.15, -0.1) is 0 Å². The van der Waals surface area contributed by atoms with E-state index in [0.29, 0.717) is 5.02 Å². The van der Waals surface area contributed by atoms with Crippen LogP contribution in [0.25, 0.3) is 11.1 Å². The van der Waals surface area contributed by atoms with Crippen molar-refractivity contribution in [3.8, 4) is 11.1 Å². The Morgan fingerprint density at radius 3 is 2.46 bits per heavy atom. The minimum atomic E-state index is -0.0812. The maximum absolute atomic E-state index is 12.4. The van der Waals surface area contributed by atoms with Gasteiger partial charge < -0.3 is 10.6 Å². The Morgan fingerprint density at radius 1 is 0.962 bits per heavy atom. The molecule has 0 aliphatic carbocycles. The van der Waals surface area contributed by atoms with Crippen LogP contribution in [-0.2, 0) is 4.79 Å². The van der Waals surface area contributed by atoms with Crippen LogP contribution in [0.2, 0.25) is 5.02 Å². The van der Waals surface area contributed by atoms with Gasteiger partial charge in [0.25, 0.3) is 0 Å². The van der Waals surface area contributed by atoms with Crippen LogP contribution < -0.4 is 10.6 Å². The molecule has 3 nitrogen and oxygen atoms in total. The molecule has 0 aromatic heterocycles. The highest BCUT2D eigenvalue weighted by Gasteiger charge is 2.10. The van der Waals surface area contributed by atoms with Gasteiger partial charge in [0.15, 0.2) is 0 Å². The summed E-state index contributed by atoms with van der Waals surface area (Å²) in [4.78, 5) is 12.4. The number of carbonyl (C=O) groups is 1. The lowest BCUT2D eigenvalue weighted by atomic mass is 10.0. The van der Waals surface area contributed by atoms with Crippen LogP contribution in [0.4, 0.5) is 5.69 Å². The number of carbonyl (C=O) groups excluding carboxylic acids is 1. The van der Waals surface area contributed by atoms with Gasteiger partial charge in [-0.05, 0) is 36.2 Å². The van der Waals surface area contributed by atoms with E-state index in [1.807, 2.05) is 85.8 Å². The first-order chi connectivity index (χ1) is 12.6. The lowest BCUT2D eigenvalue weighted by Crippen LogP contribution is -2.30. The van der Waals surface area contributed by atoms with Crippen LogP contribution >= 0.6 is 11.6 Å². The zero-order valence-electron chi connectivity index (χ0n) is 14.6. The number of rotatable bonds is 6. The van der Waals surface area contributed by atoms with E-state index in [2.05, 4.69) is 10.6 Å². The average molecular weight is 365 g/mol. The third-order valence-corrected chi connectivity index (χ3v) is 4.44. The third kappa shape index (κ3) is 4.72. The average Bonchev–Trinajstić information content (AvgIpc) is 2.67. The predicted octanol–water partition coefficient (Wildman–Crippen LogP) is 5.30. The normalized spacial score (nSPS) is 11.8. The maximum Gasteiger partial charge on any atom is 0.238 e. The first-order valence-corrected chi connectivity index (χ1v) is 8.94. The van der Waals surface area contributed by atoms with Crippen molar-refractivity contribution >= 4 is 23.2 Å². The molecule has 0 unspecified atom stereocenters. The highest BCUT2D eigenvalue weighted by atomic mass is 35.5. The molecule has 4 heteroatoms. The van der Waals surface area contributed by atoms with Crippen LogP contribution in [0.15, 0.2) is 78.9 Å². The monoisotopic (exact) mass is 364 g/mol. The van der Waals surface area contributed by atoms with Crippen molar-refractivity contribution in [2.24, 2.45) is 0 Å². The number of nitrogens with one attached hydrogen (secondary N) is 2. The van der Waals surface area contributed by atoms with Gasteiger partial charge >= 0.3 is 0 Å². The largest absolute Gasteiger partial charge is 0.324 e. The van der Waals surface area contributed by atoms with Crippen molar-refractivity contribution in [3.05, 3.63) is 89.4 Å². The maximum atomic E-state index is 12.4. The molecule has 0 saturated carbocycles. The van der Waals surface area contributed by atoms with Gasteiger partial charge in [0.05, 0.1) is 6.54 Å². The zero-order chi connectivity index (χ0) is 18.4. The molecule has 26 heavy (non-hydrogen) atoms. The molecule has 1 atom stereocenters. The molecule has 0 aliphatic heterocycles. The fraction of sp³-hybridized carbons (Fsp3) is 0.136. The van der Waals surface area contributed by atoms with Gasteiger partial charge in [-0.3, -0.25) is 4.79 Å². The van der Waals surface area contributed by atoms with Gasteiger partial charge in [0.1, 0.15) is 0 Å². The molecular formula is C22H21ClN2O. The first kappa shape index (κ1) is 18.2. The standard InChI is InChI=1S/C22H21ClN2O/c1-16(18-10-7-11-19(23)14-18)24-15-22(26)25-21-13-6-5-12-20(21)17-8-3-2-4-9-17/h2-14,16,24H,15H2,1H3,(H,25,26)/t16-/m1/s1. The van der Waals surface area contributed by atoms with Crippen molar-refractivity contribution in [2.75, 3.05) is 11.9 Å². The van der Waals surface area contributed by atoms with E-state index < -0.39 is 0 Å². The van der Waals surface area contributed by atoms with E-state index in [-0.39, 0.29) is 18.5 Å². The topological polar surface area (TPSA) is 41.1 Å². The second-order valence-corrected chi connectivity index (χ2v) is 6.55. The Balaban J connectivity index is 1.64. The lowest BCUT2D eigenvalue weighted by molar-refractivity contribution is -0.115. The summed E-state index contributed by atoms with van der Waals surface area (Å²) in [7, 11) is 0. The van der Waals surface area contributed by atoms with Crippen LogP contribution in [-0.4, -0.2) is 12.5 Å². The van der Waals surface area contributed by atoms with Crippen LogP contribution in [0.1, 0.15) is 18.5 Å². The highest BCUT2D eigenvalue weighted by molar-refractivity contribution is 6.30. The Labute approximate surface area is 159 Å². The summed E-state index contributed by atoms with van der Waals surface area (Å²) >= 11 is 6.03. The van der Waals surface area contributed by atoms with Crippen molar-refractivity contribution in [1.29, 1.82) is 0 Å². The first-order valence-electron chi connectivity index (χ1n) is 8.56. The van der Waals surface area contributed by atoms with Crippen LogP contribution in [0.5, 0.6) is 0 Å². The SMILES string of the molecule is C[C@@H](NCC(=O)Nc1ccccc1-c1ccccc1)c1cccc(Cl)c1. The molecule has 132 valence electrons. The van der Waals surface area contributed by atoms with Crippen LogP contribution in [0, 0.1) is 0 Å². The van der Waals surface area contributed by atoms with Crippen LogP contribution in [0.3, 0.4) is 0 Å². The van der Waals surface area contributed by atoms with E-state index in [9.17, 15) is 4.79 Å². The molecule has 0 fully saturated rings. The van der Waals surface area contributed by atoms with E-state index in [4.69, 9.17) is 11.6 Å². The molecule has 3 aromatic carbocycles. The number of hydrogen-bond donors (Lipinski definition) is 2. The number of amides is 1. The predicted molar refractivity (Wildman–Crippen MR) is 108 cm³/mol. The summed E-state index contributed by atoms with van der Waals surface area (Å²) in [5, 5.41) is 6.93. The van der Waals surface area contributed by atoms with Crippen molar-refractivity contribution < 1.29 is 4.79 Å². The number of hydrogen-bond acceptors (Lipinski definition) is 2. The van der Waals surface area contributed by atoms with Gasteiger partial charge in [0.2, 0.25) is 5.91 Å². The lowest BCUT2D eigenvalue weighted by Gasteiger charge is -2.15. The van der Waals surface area contributed by atoms with Gasteiger partial charge in [-0.2, -0.15) is 0 Å². The number of benzene rings is 3. The molecule has 3 aromatic rings. The zero-order valence-corrected chi connectivity index (χ0v) is 15.3. The molecule has 2 N–H and O–H groups in total. The Kier molecular flexibility index (Phi) is 6.05. The van der Waals surface area contributed by atoms with E-state index in [0.717, 1.165) is 22.4 Å². The Hall–Kier alpha value is -2.62. The van der Waals surface area contributed by atoms with Crippen molar-refractivity contribution in [1.82, 2.24) is 5.32 Å². The molecule has 0 radical (unpaired) electrons. The van der Waals surface area contributed by atoms with Gasteiger partial charge in [-0.1, -0.05) is 72.3 Å². The summed E-state index contributed by atoms with van der Waals surface area (Å²) in [5.74, 6) is -0.0812. The molecule has 0 spiro atoms. The number of halogens is 1. The van der Waals surface area contributed by atoms with Crippen molar-refractivity contribution in [2.45, 2.75) is 13.0 Å². The van der Waals surface area contributed by atoms with E-state index in [1.165, 1.54) is 0 Å². The molecule has 3 rings (SSSR count). The molecule has 0 heterocycles. The molecule has 1 amide bonds. The third-order valence-electron chi connectivity index (χ3n) is 4.20. The quantitative estimate of drug-likeness (QED) is 0.623.